The fraction of sp³-hybridized carbons (Fsp3) is 0.273. The van der Waals surface area contributed by atoms with Gasteiger partial charge in [0.15, 0.2) is 0 Å². The summed E-state index contributed by atoms with van der Waals surface area (Å²) < 4.78 is 0. The van der Waals surface area contributed by atoms with E-state index in [1.165, 1.54) is 0 Å². The molecule has 0 spiro atoms. The van der Waals surface area contributed by atoms with E-state index >= 15 is 0 Å². The average Bonchev–Trinajstić information content (AvgIpc) is 2.08. The number of aldehydes is 1. The highest BCUT2D eigenvalue weighted by Gasteiger charge is 1.97. The van der Waals surface area contributed by atoms with Crippen molar-refractivity contribution < 1.29 is 4.79 Å². The molecule has 0 saturated heterocycles. The summed E-state index contributed by atoms with van der Waals surface area (Å²) in [6.07, 6.45) is 0.847. The number of hydrogen-bond donors (Lipinski definition) is 0. The lowest BCUT2D eigenvalue weighted by Crippen LogP contribution is -1.84. The molecule has 1 aromatic carbocycles. The van der Waals surface area contributed by atoms with E-state index in [4.69, 9.17) is 0 Å². The number of aliphatic imine (C=N–C) groups is 1. The molecule has 0 saturated carbocycles. The maximum absolute atomic E-state index is 10.5. The van der Waals surface area contributed by atoms with Crippen molar-refractivity contribution in [2.24, 2.45) is 4.99 Å². The van der Waals surface area contributed by atoms with Gasteiger partial charge in [-0.2, -0.15) is 0 Å². The van der Waals surface area contributed by atoms with Crippen LogP contribution in [0.25, 0.3) is 0 Å². The fourth-order valence-corrected chi connectivity index (χ4v) is 1.12. The number of carbonyl (C=O) groups excluding carboxylic acids is 1. The molecule has 1 aromatic rings. The monoisotopic (exact) mass is 175 g/mol. The smallest absolute Gasteiger partial charge is 0.150 e. The Labute approximate surface area is 78.3 Å². The van der Waals surface area contributed by atoms with Gasteiger partial charge in [0.25, 0.3) is 0 Å². The highest BCUT2D eigenvalue weighted by molar-refractivity contribution is 5.83. The molecule has 0 bridgehead atoms. The Morgan fingerprint density at radius 2 is 2.08 bits per heavy atom. The number of nitrogens with zero attached hydrogens (tertiary/aromatic N) is 1. The first-order chi connectivity index (χ1) is 6.13. The maximum atomic E-state index is 10.5. The third-order valence-corrected chi connectivity index (χ3v) is 1.70. The van der Waals surface area contributed by atoms with Crippen molar-refractivity contribution in [2.45, 2.75) is 20.8 Å². The Morgan fingerprint density at radius 3 is 2.54 bits per heavy atom. The summed E-state index contributed by atoms with van der Waals surface area (Å²) in [5.41, 5.74) is 3.68. The van der Waals surface area contributed by atoms with Crippen LogP contribution in [0.1, 0.15) is 29.8 Å². The second-order valence-electron chi connectivity index (χ2n) is 3.22. The minimum absolute atomic E-state index is 0.699. The highest BCUT2D eigenvalue weighted by atomic mass is 16.1. The van der Waals surface area contributed by atoms with Crippen LogP contribution in [-0.4, -0.2) is 12.0 Å². The number of carbonyl (C=O) groups is 1. The maximum Gasteiger partial charge on any atom is 0.150 e. The van der Waals surface area contributed by atoms with Crippen LogP contribution in [0, 0.1) is 6.92 Å². The molecule has 1 rings (SSSR count). The number of rotatable bonds is 2. The Hall–Kier alpha value is -1.44. The van der Waals surface area contributed by atoms with E-state index in [0.29, 0.717) is 5.56 Å². The summed E-state index contributed by atoms with van der Waals surface area (Å²) in [7, 11) is 0. The molecule has 13 heavy (non-hydrogen) atoms. The molecule has 0 fully saturated rings. The Balaban J connectivity index is 3.12. The molecule has 0 N–H and O–H groups in total. The molecule has 0 aromatic heterocycles. The standard InChI is InChI=1S/C11H13NO/c1-8(2)12-11-5-4-10(7-13)6-9(11)3/h4-7H,1-3H3. The van der Waals surface area contributed by atoms with Gasteiger partial charge in [-0.15, -0.1) is 0 Å². The molecule has 0 unspecified atom stereocenters. The van der Waals surface area contributed by atoms with Crippen LogP contribution in [-0.2, 0) is 0 Å². The van der Waals surface area contributed by atoms with E-state index in [9.17, 15) is 4.79 Å². The third-order valence-electron chi connectivity index (χ3n) is 1.70. The van der Waals surface area contributed by atoms with Gasteiger partial charge < -0.3 is 0 Å². The summed E-state index contributed by atoms with van der Waals surface area (Å²) in [6, 6.07) is 5.49. The molecule has 0 radical (unpaired) electrons. The predicted octanol–water partition coefficient (Wildman–Crippen LogP) is 2.92. The van der Waals surface area contributed by atoms with Gasteiger partial charge in [0.05, 0.1) is 5.69 Å². The predicted molar refractivity (Wildman–Crippen MR) is 55.0 cm³/mol. The molecule has 0 atom stereocenters. The third kappa shape index (κ3) is 2.51. The van der Waals surface area contributed by atoms with Crippen LogP contribution in [0.4, 0.5) is 5.69 Å². The van der Waals surface area contributed by atoms with Crippen molar-refractivity contribution in [3.8, 4) is 0 Å². The van der Waals surface area contributed by atoms with Crippen molar-refractivity contribution in [1.29, 1.82) is 0 Å². The van der Waals surface area contributed by atoms with Crippen LogP contribution < -0.4 is 0 Å². The van der Waals surface area contributed by atoms with Gasteiger partial charge in [-0.05, 0) is 44.5 Å². The van der Waals surface area contributed by atoms with Crippen LogP contribution in [0.2, 0.25) is 0 Å². The second kappa shape index (κ2) is 3.99. The molecule has 68 valence electrons. The SMILES string of the molecule is CC(C)=Nc1ccc(C=O)cc1C. The van der Waals surface area contributed by atoms with Crippen LogP contribution in [0.5, 0.6) is 0 Å². The van der Waals surface area contributed by atoms with Crippen molar-refractivity contribution in [3.05, 3.63) is 29.3 Å². The summed E-state index contributed by atoms with van der Waals surface area (Å²) in [6.45, 7) is 5.86. The molecule has 2 heteroatoms. The number of hydrogen-bond acceptors (Lipinski definition) is 2. The average molecular weight is 175 g/mol. The van der Waals surface area contributed by atoms with Gasteiger partial charge in [0, 0.05) is 11.3 Å². The first kappa shape index (κ1) is 9.65. The zero-order chi connectivity index (χ0) is 9.84. The minimum atomic E-state index is 0.699. The normalized spacial score (nSPS) is 9.46. The van der Waals surface area contributed by atoms with Crippen molar-refractivity contribution in [3.63, 3.8) is 0 Å². The zero-order valence-corrected chi connectivity index (χ0v) is 8.16. The van der Waals surface area contributed by atoms with E-state index in [1.54, 1.807) is 6.07 Å². The first-order valence-corrected chi connectivity index (χ1v) is 4.21. The van der Waals surface area contributed by atoms with E-state index in [1.807, 2.05) is 32.9 Å². The Kier molecular flexibility index (Phi) is 2.96. The number of benzene rings is 1. The summed E-state index contributed by atoms with van der Waals surface area (Å²) >= 11 is 0. The van der Waals surface area contributed by atoms with Crippen LogP contribution >= 0.6 is 0 Å². The van der Waals surface area contributed by atoms with Gasteiger partial charge in [0.2, 0.25) is 0 Å². The van der Waals surface area contributed by atoms with Crippen LogP contribution in [0.3, 0.4) is 0 Å². The van der Waals surface area contributed by atoms with Gasteiger partial charge in [-0.25, -0.2) is 0 Å². The van der Waals surface area contributed by atoms with E-state index in [0.717, 1.165) is 23.2 Å². The Bertz CT molecular complexity index is 349. The van der Waals surface area contributed by atoms with Gasteiger partial charge >= 0.3 is 0 Å². The molecule has 0 aliphatic carbocycles. The minimum Gasteiger partial charge on any atom is -0.298 e. The molecule has 0 aliphatic heterocycles. The van der Waals surface area contributed by atoms with E-state index in [2.05, 4.69) is 4.99 Å². The first-order valence-electron chi connectivity index (χ1n) is 4.21. The van der Waals surface area contributed by atoms with Gasteiger partial charge in [0.1, 0.15) is 6.29 Å². The largest absolute Gasteiger partial charge is 0.298 e. The fourth-order valence-electron chi connectivity index (χ4n) is 1.12. The quantitative estimate of drug-likeness (QED) is 0.502. The molecule has 0 heterocycles. The lowest BCUT2D eigenvalue weighted by Gasteiger charge is -2.00. The summed E-state index contributed by atoms with van der Waals surface area (Å²) in [5, 5.41) is 0. The molecular weight excluding hydrogens is 162 g/mol. The zero-order valence-electron chi connectivity index (χ0n) is 8.16. The highest BCUT2D eigenvalue weighted by Crippen LogP contribution is 2.19. The van der Waals surface area contributed by atoms with Crippen LogP contribution in [0.15, 0.2) is 23.2 Å². The number of aryl methyl sites for hydroxylation is 1. The lowest BCUT2D eigenvalue weighted by molar-refractivity contribution is 0.112. The van der Waals surface area contributed by atoms with Crippen molar-refractivity contribution in [2.75, 3.05) is 0 Å². The van der Waals surface area contributed by atoms with Crippen molar-refractivity contribution in [1.82, 2.24) is 0 Å². The Morgan fingerprint density at radius 1 is 1.38 bits per heavy atom. The molecule has 2 nitrogen and oxygen atoms in total. The van der Waals surface area contributed by atoms with E-state index in [-0.39, 0.29) is 0 Å². The van der Waals surface area contributed by atoms with E-state index < -0.39 is 0 Å². The van der Waals surface area contributed by atoms with Gasteiger partial charge in [-0.3, -0.25) is 9.79 Å². The lowest BCUT2D eigenvalue weighted by atomic mass is 10.1. The van der Waals surface area contributed by atoms with Gasteiger partial charge in [-0.1, -0.05) is 0 Å². The molecule has 0 aliphatic rings. The topological polar surface area (TPSA) is 29.4 Å². The second-order valence-corrected chi connectivity index (χ2v) is 3.22. The summed E-state index contributed by atoms with van der Waals surface area (Å²) in [4.78, 5) is 14.8. The molecule has 0 amide bonds. The molecular formula is C11H13NO. The summed E-state index contributed by atoms with van der Waals surface area (Å²) in [5.74, 6) is 0. The van der Waals surface area contributed by atoms with Crippen molar-refractivity contribution >= 4 is 17.7 Å².